The molecule has 0 saturated heterocycles. The summed E-state index contributed by atoms with van der Waals surface area (Å²) in [6, 6.07) is 5.60. The van der Waals surface area contributed by atoms with E-state index in [0.717, 1.165) is 11.1 Å². The molecule has 5 nitrogen and oxygen atoms in total. The van der Waals surface area contributed by atoms with Crippen LogP contribution in [0.3, 0.4) is 0 Å². The Morgan fingerprint density at radius 1 is 1.33 bits per heavy atom. The number of anilines is 1. The van der Waals surface area contributed by atoms with E-state index in [4.69, 9.17) is 9.84 Å². The fourth-order valence-electron chi connectivity index (χ4n) is 2.31. The van der Waals surface area contributed by atoms with Crippen molar-refractivity contribution in [3.8, 4) is 0 Å². The number of hydrogen-bond acceptors (Lipinski definition) is 3. The van der Waals surface area contributed by atoms with Gasteiger partial charge in [0.2, 0.25) is 0 Å². The molecule has 114 valence electrons. The molecule has 1 aliphatic rings. The number of rotatable bonds is 3. The van der Waals surface area contributed by atoms with E-state index >= 15 is 0 Å². The molecule has 1 amide bonds. The molecule has 0 aliphatic heterocycles. The zero-order chi connectivity index (χ0) is 15.8. The zero-order valence-electron chi connectivity index (χ0n) is 12.8. The van der Waals surface area contributed by atoms with Crippen LogP contribution in [0.4, 0.5) is 10.5 Å². The Balaban J connectivity index is 2.03. The summed E-state index contributed by atoms with van der Waals surface area (Å²) in [5, 5.41) is 11.7. The van der Waals surface area contributed by atoms with Crippen molar-refractivity contribution in [3.63, 3.8) is 0 Å². The summed E-state index contributed by atoms with van der Waals surface area (Å²) in [6.45, 7) is 7.30. The minimum Gasteiger partial charge on any atom is -0.481 e. The lowest BCUT2D eigenvalue weighted by atomic mass is 10.0. The maximum absolute atomic E-state index is 11.7. The van der Waals surface area contributed by atoms with Crippen molar-refractivity contribution in [1.29, 1.82) is 0 Å². The summed E-state index contributed by atoms with van der Waals surface area (Å²) in [6.07, 6.45) is 0.196. The quantitative estimate of drug-likeness (QED) is 0.893. The Morgan fingerprint density at radius 3 is 2.48 bits per heavy atom. The van der Waals surface area contributed by atoms with Crippen LogP contribution in [0.1, 0.15) is 44.2 Å². The van der Waals surface area contributed by atoms with Crippen molar-refractivity contribution >= 4 is 17.7 Å². The normalized spacial score (nSPS) is 20.8. The molecule has 2 rings (SSSR count). The van der Waals surface area contributed by atoms with E-state index in [1.54, 1.807) is 6.07 Å². The van der Waals surface area contributed by atoms with E-state index in [0.29, 0.717) is 12.1 Å². The van der Waals surface area contributed by atoms with Gasteiger partial charge in [-0.2, -0.15) is 0 Å². The molecule has 1 fully saturated rings. The summed E-state index contributed by atoms with van der Waals surface area (Å²) in [7, 11) is 0. The van der Waals surface area contributed by atoms with Gasteiger partial charge in [0.05, 0.1) is 5.92 Å². The fraction of sp³-hybridized carbons (Fsp3) is 0.500. The summed E-state index contributed by atoms with van der Waals surface area (Å²) in [5.41, 5.74) is 2.05. The first-order valence-electron chi connectivity index (χ1n) is 7.01. The Morgan fingerprint density at radius 2 is 2.00 bits per heavy atom. The monoisotopic (exact) mass is 291 g/mol. The van der Waals surface area contributed by atoms with Gasteiger partial charge in [-0.05, 0) is 57.2 Å². The second kappa shape index (κ2) is 5.39. The van der Waals surface area contributed by atoms with E-state index in [2.05, 4.69) is 5.32 Å². The number of carboxylic acid groups (broad SMARTS) is 1. The number of benzene rings is 1. The van der Waals surface area contributed by atoms with Gasteiger partial charge in [0.15, 0.2) is 0 Å². The second-order valence-corrected chi connectivity index (χ2v) is 6.49. The maximum Gasteiger partial charge on any atom is 0.412 e. The van der Waals surface area contributed by atoms with Crippen LogP contribution in [0, 0.1) is 12.8 Å². The fourth-order valence-corrected chi connectivity index (χ4v) is 2.31. The average molecular weight is 291 g/mol. The van der Waals surface area contributed by atoms with Crippen LogP contribution < -0.4 is 5.32 Å². The lowest BCUT2D eigenvalue weighted by molar-refractivity contribution is -0.138. The van der Waals surface area contributed by atoms with Crippen LogP contribution in [-0.4, -0.2) is 22.8 Å². The third-order valence-corrected chi connectivity index (χ3v) is 3.42. The number of ether oxygens (including phenoxy) is 1. The third-order valence-electron chi connectivity index (χ3n) is 3.42. The highest BCUT2D eigenvalue weighted by Crippen LogP contribution is 2.48. The number of amides is 1. The Kier molecular flexibility index (Phi) is 3.94. The van der Waals surface area contributed by atoms with Gasteiger partial charge < -0.3 is 9.84 Å². The number of aryl methyl sites for hydroxylation is 1. The van der Waals surface area contributed by atoms with Gasteiger partial charge in [-0.25, -0.2) is 4.79 Å². The van der Waals surface area contributed by atoms with Gasteiger partial charge in [0, 0.05) is 5.69 Å². The topological polar surface area (TPSA) is 75.6 Å². The Bertz CT molecular complexity index is 574. The number of carbonyl (C=O) groups excluding carboxylic acids is 1. The molecule has 5 heteroatoms. The number of aliphatic carboxylic acids is 1. The summed E-state index contributed by atoms with van der Waals surface area (Å²) < 4.78 is 5.21. The van der Waals surface area contributed by atoms with Crippen LogP contribution >= 0.6 is 0 Å². The van der Waals surface area contributed by atoms with Crippen LogP contribution in [0.25, 0.3) is 0 Å². The van der Waals surface area contributed by atoms with E-state index in [1.165, 1.54) is 0 Å². The molecule has 0 spiro atoms. The summed E-state index contributed by atoms with van der Waals surface area (Å²) in [5.74, 6) is -0.917. The number of carboxylic acids is 1. The predicted molar refractivity (Wildman–Crippen MR) is 79.5 cm³/mol. The van der Waals surface area contributed by atoms with Gasteiger partial charge in [-0.15, -0.1) is 0 Å². The molecule has 2 atom stereocenters. The summed E-state index contributed by atoms with van der Waals surface area (Å²) in [4.78, 5) is 22.6. The minimum absolute atomic E-state index is 0.0942. The van der Waals surface area contributed by atoms with Crippen molar-refractivity contribution in [2.45, 2.75) is 45.6 Å². The third kappa shape index (κ3) is 3.97. The Labute approximate surface area is 124 Å². The van der Waals surface area contributed by atoms with Gasteiger partial charge in [0.1, 0.15) is 5.60 Å². The average Bonchev–Trinajstić information content (AvgIpc) is 3.09. The SMILES string of the molecule is Cc1cc(C2CC2C(=O)O)ccc1NC(=O)OC(C)(C)C. The molecule has 0 aromatic heterocycles. The van der Waals surface area contributed by atoms with Gasteiger partial charge in [-0.3, -0.25) is 10.1 Å². The lowest BCUT2D eigenvalue weighted by Gasteiger charge is -2.20. The molecule has 0 heterocycles. The smallest absolute Gasteiger partial charge is 0.412 e. The van der Waals surface area contributed by atoms with Crippen molar-refractivity contribution in [2.24, 2.45) is 5.92 Å². The molecule has 1 saturated carbocycles. The van der Waals surface area contributed by atoms with E-state index < -0.39 is 17.7 Å². The molecular weight excluding hydrogens is 270 g/mol. The first kappa shape index (κ1) is 15.4. The highest BCUT2D eigenvalue weighted by atomic mass is 16.6. The largest absolute Gasteiger partial charge is 0.481 e. The van der Waals surface area contributed by atoms with Crippen molar-refractivity contribution in [1.82, 2.24) is 0 Å². The van der Waals surface area contributed by atoms with E-state index in [1.807, 2.05) is 39.8 Å². The van der Waals surface area contributed by atoms with Crippen LogP contribution in [-0.2, 0) is 9.53 Å². The van der Waals surface area contributed by atoms with Crippen LogP contribution in [0.15, 0.2) is 18.2 Å². The van der Waals surface area contributed by atoms with Crippen LogP contribution in [0.5, 0.6) is 0 Å². The standard InChI is InChI=1S/C16H21NO4/c1-9-7-10(11-8-12(11)14(18)19)5-6-13(9)17-15(20)21-16(2,3)4/h5-7,11-12H,8H2,1-4H3,(H,17,20)(H,18,19). The number of hydrogen-bond donors (Lipinski definition) is 2. The maximum atomic E-state index is 11.7. The predicted octanol–water partition coefficient (Wildman–Crippen LogP) is 3.53. The minimum atomic E-state index is -0.742. The zero-order valence-corrected chi connectivity index (χ0v) is 12.8. The van der Waals surface area contributed by atoms with Crippen LogP contribution in [0.2, 0.25) is 0 Å². The molecular formula is C16H21NO4. The highest BCUT2D eigenvalue weighted by molar-refractivity contribution is 5.86. The molecule has 1 aliphatic carbocycles. The van der Waals surface area contributed by atoms with Crippen molar-refractivity contribution in [2.75, 3.05) is 5.32 Å². The lowest BCUT2D eigenvalue weighted by Crippen LogP contribution is -2.27. The first-order valence-corrected chi connectivity index (χ1v) is 7.01. The van der Waals surface area contributed by atoms with Gasteiger partial charge >= 0.3 is 12.1 Å². The van der Waals surface area contributed by atoms with E-state index in [9.17, 15) is 9.59 Å². The van der Waals surface area contributed by atoms with Gasteiger partial charge in [0.25, 0.3) is 0 Å². The van der Waals surface area contributed by atoms with Crippen molar-refractivity contribution in [3.05, 3.63) is 29.3 Å². The molecule has 2 unspecified atom stereocenters. The second-order valence-electron chi connectivity index (χ2n) is 6.49. The van der Waals surface area contributed by atoms with Gasteiger partial charge in [-0.1, -0.05) is 12.1 Å². The van der Waals surface area contributed by atoms with E-state index in [-0.39, 0.29) is 11.8 Å². The molecule has 21 heavy (non-hydrogen) atoms. The molecule has 1 aromatic rings. The summed E-state index contributed by atoms with van der Waals surface area (Å²) >= 11 is 0. The number of nitrogens with one attached hydrogen (secondary N) is 1. The Hall–Kier alpha value is -2.04. The number of carbonyl (C=O) groups is 2. The molecule has 2 N–H and O–H groups in total. The molecule has 1 aromatic carbocycles. The highest BCUT2D eigenvalue weighted by Gasteiger charge is 2.44. The molecule has 0 bridgehead atoms. The first-order chi connectivity index (χ1) is 9.67. The van der Waals surface area contributed by atoms with Crippen molar-refractivity contribution < 1.29 is 19.4 Å². The molecule has 0 radical (unpaired) electrons.